The average molecular weight is 192 g/mol. The van der Waals surface area contributed by atoms with Gasteiger partial charge in [-0.2, -0.15) is 0 Å². The Kier molecular flexibility index (Phi) is 1.32. The van der Waals surface area contributed by atoms with E-state index >= 15 is 0 Å². The normalized spacial score (nSPS) is 15.1. The molecule has 13 heavy (non-hydrogen) atoms. The highest BCUT2D eigenvalue weighted by atomic mass is 32.1. The van der Waals surface area contributed by atoms with E-state index in [4.69, 9.17) is 12.2 Å². The van der Waals surface area contributed by atoms with Crippen LogP contribution in [-0.4, -0.2) is 19.5 Å². The summed E-state index contributed by atoms with van der Waals surface area (Å²) in [6.45, 7) is 1.02. The summed E-state index contributed by atoms with van der Waals surface area (Å²) in [6.07, 6.45) is 3.83. The first-order valence-corrected chi connectivity index (χ1v) is 4.70. The third-order valence-corrected chi connectivity index (χ3v) is 2.71. The lowest BCUT2D eigenvalue weighted by Gasteiger charge is -1.95. The van der Waals surface area contributed by atoms with Gasteiger partial charge in [-0.3, -0.25) is 0 Å². The largest absolute Gasteiger partial charge is 0.329 e. The summed E-state index contributed by atoms with van der Waals surface area (Å²) >= 11 is 5.16. The maximum Gasteiger partial charge on any atom is 0.160 e. The van der Waals surface area contributed by atoms with Gasteiger partial charge in [0, 0.05) is 13.0 Å². The van der Waals surface area contributed by atoms with E-state index in [2.05, 4.69) is 19.5 Å². The lowest BCUT2D eigenvalue weighted by atomic mass is 10.4. The summed E-state index contributed by atoms with van der Waals surface area (Å²) in [5.74, 6) is 1.13. The molecule has 0 unspecified atom stereocenters. The molecule has 0 amide bonds. The van der Waals surface area contributed by atoms with Crippen molar-refractivity contribution in [3.8, 4) is 0 Å². The van der Waals surface area contributed by atoms with Gasteiger partial charge in [0.2, 0.25) is 0 Å². The number of nitrogens with one attached hydrogen (secondary N) is 1. The lowest BCUT2D eigenvalue weighted by molar-refractivity contribution is 0.769. The number of aryl methyl sites for hydroxylation is 2. The van der Waals surface area contributed by atoms with Gasteiger partial charge in [0.15, 0.2) is 10.3 Å². The average Bonchev–Trinajstić information content (AvgIpc) is 2.62. The summed E-state index contributed by atoms with van der Waals surface area (Å²) in [7, 11) is 0. The van der Waals surface area contributed by atoms with Gasteiger partial charge in [0.05, 0.1) is 6.33 Å². The molecular formula is C8H8N4S. The Hall–Kier alpha value is -1.23. The minimum absolute atomic E-state index is 0.648. The molecular weight excluding hydrogens is 184 g/mol. The van der Waals surface area contributed by atoms with Crippen LogP contribution in [0.3, 0.4) is 0 Å². The van der Waals surface area contributed by atoms with Crippen LogP contribution in [0.2, 0.25) is 0 Å². The van der Waals surface area contributed by atoms with Crippen LogP contribution in [0.4, 0.5) is 0 Å². The molecule has 5 heteroatoms. The molecule has 2 aromatic rings. The quantitative estimate of drug-likeness (QED) is 0.642. The highest BCUT2D eigenvalue weighted by Gasteiger charge is 2.16. The second-order valence-corrected chi connectivity index (χ2v) is 3.57. The molecule has 0 radical (unpaired) electrons. The van der Waals surface area contributed by atoms with Crippen molar-refractivity contribution < 1.29 is 0 Å². The second-order valence-electron chi connectivity index (χ2n) is 3.19. The van der Waals surface area contributed by atoms with Gasteiger partial charge in [0.25, 0.3) is 0 Å². The van der Waals surface area contributed by atoms with Crippen LogP contribution < -0.4 is 0 Å². The van der Waals surface area contributed by atoms with E-state index in [1.165, 1.54) is 6.42 Å². The minimum atomic E-state index is 0.648. The van der Waals surface area contributed by atoms with Gasteiger partial charge in [-0.1, -0.05) is 12.2 Å². The molecule has 1 aliphatic rings. The van der Waals surface area contributed by atoms with Crippen LogP contribution >= 0.6 is 12.2 Å². The van der Waals surface area contributed by atoms with Crippen molar-refractivity contribution in [2.75, 3.05) is 0 Å². The zero-order valence-corrected chi connectivity index (χ0v) is 7.77. The fourth-order valence-electron chi connectivity index (χ4n) is 1.86. The van der Waals surface area contributed by atoms with Crippen molar-refractivity contribution in [3.63, 3.8) is 0 Å². The lowest BCUT2D eigenvalue weighted by Crippen LogP contribution is -1.93. The topological polar surface area (TPSA) is 46.5 Å². The van der Waals surface area contributed by atoms with E-state index in [9.17, 15) is 0 Å². The Bertz CT molecular complexity index is 524. The third-order valence-electron chi connectivity index (χ3n) is 2.41. The van der Waals surface area contributed by atoms with Gasteiger partial charge in [-0.15, -0.1) is 0 Å². The van der Waals surface area contributed by atoms with Crippen molar-refractivity contribution in [1.82, 2.24) is 19.5 Å². The summed E-state index contributed by atoms with van der Waals surface area (Å²) in [5, 5.41) is 0. The number of nitrogens with zero attached hydrogens (tertiary/aromatic N) is 3. The Morgan fingerprint density at radius 1 is 1.54 bits per heavy atom. The SMILES string of the molecule is S=c1nc[nH]c2nc3n(c12)CCC3. The molecule has 4 nitrogen and oxygen atoms in total. The number of hydrogen-bond donors (Lipinski definition) is 1. The molecule has 0 aliphatic carbocycles. The van der Waals surface area contributed by atoms with E-state index in [0.717, 1.165) is 30.0 Å². The van der Waals surface area contributed by atoms with Crippen molar-refractivity contribution in [1.29, 1.82) is 0 Å². The molecule has 66 valence electrons. The summed E-state index contributed by atoms with van der Waals surface area (Å²) < 4.78 is 2.82. The van der Waals surface area contributed by atoms with Gasteiger partial charge in [-0.05, 0) is 6.42 Å². The number of hydrogen-bond acceptors (Lipinski definition) is 3. The highest BCUT2D eigenvalue weighted by molar-refractivity contribution is 7.71. The first-order chi connectivity index (χ1) is 6.36. The highest BCUT2D eigenvalue weighted by Crippen LogP contribution is 2.20. The van der Waals surface area contributed by atoms with E-state index in [1.54, 1.807) is 6.33 Å². The molecule has 0 bridgehead atoms. The van der Waals surface area contributed by atoms with Crippen LogP contribution in [0.1, 0.15) is 12.2 Å². The summed E-state index contributed by atoms with van der Waals surface area (Å²) in [6, 6.07) is 0. The Morgan fingerprint density at radius 2 is 2.46 bits per heavy atom. The van der Waals surface area contributed by atoms with Crippen LogP contribution in [0.15, 0.2) is 6.33 Å². The fourth-order valence-corrected chi connectivity index (χ4v) is 2.12. The Labute approximate surface area is 79.6 Å². The van der Waals surface area contributed by atoms with Crippen LogP contribution in [0.25, 0.3) is 11.2 Å². The molecule has 0 aromatic carbocycles. The number of H-pyrrole nitrogens is 1. The third kappa shape index (κ3) is 0.875. The maximum absolute atomic E-state index is 5.16. The van der Waals surface area contributed by atoms with E-state index < -0.39 is 0 Å². The molecule has 0 saturated heterocycles. The first-order valence-electron chi connectivity index (χ1n) is 4.29. The minimum Gasteiger partial charge on any atom is -0.329 e. The number of aromatic amines is 1. The molecule has 2 aromatic heterocycles. The smallest absolute Gasteiger partial charge is 0.160 e. The zero-order chi connectivity index (χ0) is 8.84. The van der Waals surface area contributed by atoms with Gasteiger partial charge < -0.3 is 9.55 Å². The first kappa shape index (κ1) is 7.20. The van der Waals surface area contributed by atoms with Crippen molar-refractivity contribution in [2.24, 2.45) is 0 Å². The van der Waals surface area contributed by atoms with Crippen molar-refractivity contribution in [2.45, 2.75) is 19.4 Å². The molecule has 0 saturated carbocycles. The molecule has 1 N–H and O–H groups in total. The standard InChI is InChI=1S/C8H8N4S/c13-8-6-7(9-4-10-8)11-5-2-1-3-12(5)6/h4H,1-3H2,(H,9,10,13). The van der Waals surface area contributed by atoms with Crippen molar-refractivity contribution in [3.05, 3.63) is 16.8 Å². The van der Waals surface area contributed by atoms with E-state index in [1.807, 2.05) is 0 Å². The number of fused-ring (bicyclic) bond motifs is 3. The molecule has 3 heterocycles. The molecule has 0 spiro atoms. The summed E-state index contributed by atoms with van der Waals surface area (Å²) in [4.78, 5) is 11.5. The number of imidazole rings is 1. The van der Waals surface area contributed by atoms with Gasteiger partial charge in [-0.25, -0.2) is 9.97 Å². The van der Waals surface area contributed by atoms with Gasteiger partial charge in [0.1, 0.15) is 11.3 Å². The van der Waals surface area contributed by atoms with Crippen LogP contribution in [0.5, 0.6) is 0 Å². The fraction of sp³-hybridized carbons (Fsp3) is 0.375. The molecule has 0 fully saturated rings. The Morgan fingerprint density at radius 3 is 3.38 bits per heavy atom. The van der Waals surface area contributed by atoms with E-state index in [0.29, 0.717) is 4.64 Å². The molecule has 1 aliphatic heterocycles. The number of aromatic nitrogens is 4. The van der Waals surface area contributed by atoms with Crippen LogP contribution in [-0.2, 0) is 13.0 Å². The molecule has 0 atom stereocenters. The second kappa shape index (κ2) is 2.38. The van der Waals surface area contributed by atoms with Gasteiger partial charge >= 0.3 is 0 Å². The zero-order valence-electron chi connectivity index (χ0n) is 6.95. The number of rotatable bonds is 0. The monoisotopic (exact) mass is 192 g/mol. The van der Waals surface area contributed by atoms with E-state index in [-0.39, 0.29) is 0 Å². The maximum atomic E-state index is 5.16. The Balaban J connectivity index is 2.53. The van der Waals surface area contributed by atoms with Crippen molar-refractivity contribution >= 4 is 23.4 Å². The molecule has 3 rings (SSSR count). The predicted molar refractivity (Wildman–Crippen MR) is 51.0 cm³/mol. The summed E-state index contributed by atoms with van der Waals surface area (Å²) in [5.41, 5.74) is 1.86. The van der Waals surface area contributed by atoms with Crippen LogP contribution in [0, 0.1) is 4.64 Å². The predicted octanol–water partition coefficient (Wildman–Crippen LogP) is 1.44.